The third-order valence-corrected chi connectivity index (χ3v) is 9.51. The van der Waals surface area contributed by atoms with E-state index in [1.807, 2.05) is 32.1 Å². The molecule has 0 spiro atoms. The molecule has 4 aromatic carbocycles. The predicted octanol–water partition coefficient (Wildman–Crippen LogP) is 13.5. The zero-order valence-electron chi connectivity index (χ0n) is 30.4. The zero-order valence-corrected chi connectivity index (χ0v) is 30.4. The Morgan fingerprint density at radius 2 is 1.35 bits per heavy atom. The highest BCUT2D eigenvalue weighted by Gasteiger charge is 2.46. The van der Waals surface area contributed by atoms with Crippen LogP contribution in [-0.4, -0.2) is 0 Å². The molecule has 1 unspecified atom stereocenters. The Balaban J connectivity index is 0.000000371. The van der Waals surface area contributed by atoms with Gasteiger partial charge in [-0.05, 0) is 110 Å². The topological polar surface area (TPSA) is 3.24 Å². The Bertz CT molecular complexity index is 1860. The molecule has 0 N–H and O–H groups in total. The van der Waals surface area contributed by atoms with Crippen LogP contribution in [0.15, 0.2) is 170 Å². The second-order valence-electron chi connectivity index (χ2n) is 13.8. The lowest BCUT2D eigenvalue weighted by atomic mass is 9.75. The average molecular weight is 632 g/mol. The number of fused-ring (bicyclic) bond motifs is 1. The number of hydrogen-bond acceptors (Lipinski definition) is 1. The number of hydrogen-bond donors (Lipinski definition) is 0. The van der Waals surface area contributed by atoms with Gasteiger partial charge in [0.25, 0.3) is 0 Å². The van der Waals surface area contributed by atoms with Crippen LogP contribution in [0.25, 0.3) is 11.1 Å². The van der Waals surface area contributed by atoms with Gasteiger partial charge in [0.05, 0.1) is 0 Å². The molecule has 0 amide bonds. The predicted molar refractivity (Wildman–Crippen MR) is 212 cm³/mol. The number of nitrogens with zero attached hydrogens (tertiary/aromatic N) is 1. The van der Waals surface area contributed by atoms with Gasteiger partial charge in [-0.25, -0.2) is 0 Å². The van der Waals surface area contributed by atoms with Gasteiger partial charge >= 0.3 is 0 Å². The second-order valence-corrected chi connectivity index (χ2v) is 13.8. The Labute approximate surface area is 291 Å². The molecule has 1 nitrogen and oxygen atoms in total. The van der Waals surface area contributed by atoms with Gasteiger partial charge in [-0.1, -0.05) is 155 Å². The first kappa shape index (κ1) is 36.0. The van der Waals surface area contributed by atoms with Crippen molar-refractivity contribution in [3.05, 3.63) is 192 Å². The van der Waals surface area contributed by atoms with E-state index in [-0.39, 0.29) is 10.8 Å². The lowest BCUT2D eigenvalue weighted by molar-refractivity contribution is 0.425. The lowest BCUT2D eigenvalue weighted by Crippen LogP contribution is -2.23. The lowest BCUT2D eigenvalue weighted by Gasteiger charge is -2.29. The molecule has 1 aliphatic rings. The Morgan fingerprint density at radius 1 is 0.708 bits per heavy atom. The van der Waals surface area contributed by atoms with Crippen molar-refractivity contribution >= 4 is 11.4 Å². The molecular formula is C47H53N. The van der Waals surface area contributed by atoms with Crippen molar-refractivity contribution in [2.75, 3.05) is 4.90 Å². The van der Waals surface area contributed by atoms with Crippen LogP contribution in [0.1, 0.15) is 77.1 Å². The third kappa shape index (κ3) is 7.97. The molecule has 0 bridgehead atoms. The Hall–Kier alpha value is -4.88. The molecule has 48 heavy (non-hydrogen) atoms. The first-order valence-corrected chi connectivity index (χ1v) is 17.0. The largest absolute Gasteiger partial charge is 0.315 e. The molecule has 0 aromatic heterocycles. The van der Waals surface area contributed by atoms with Gasteiger partial charge in [-0.2, -0.15) is 0 Å². The quantitative estimate of drug-likeness (QED) is 0.166. The van der Waals surface area contributed by atoms with E-state index < -0.39 is 0 Å². The van der Waals surface area contributed by atoms with Crippen molar-refractivity contribution in [2.24, 2.45) is 0 Å². The molecule has 1 heteroatoms. The summed E-state index contributed by atoms with van der Waals surface area (Å²) in [5.74, 6) is 0. The Kier molecular flexibility index (Phi) is 11.5. The summed E-state index contributed by atoms with van der Waals surface area (Å²) in [6.07, 6.45) is 11.0. The van der Waals surface area contributed by atoms with E-state index in [9.17, 15) is 0 Å². The van der Waals surface area contributed by atoms with Gasteiger partial charge < -0.3 is 4.90 Å². The summed E-state index contributed by atoms with van der Waals surface area (Å²) in [6, 6.07) is 35.7. The molecule has 246 valence electrons. The third-order valence-electron chi connectivity index (χ3n) is 9.51. The van der Waals surface area contributed by atoms with Gasteiger partial charge in [0.1, 0.15) is 0 Å². The maximum atomic E-state index is 3.86. The minimum absolute atomic E-state index is 0.0151. The number of allylic oxidation sites excluding steroid dienone is 9. The molecular weight excluding hydrogens is 579 g/mol. The average Bonchev–Trinajstić information content (AvgIpc) is 3.30. The van der Waals surface area contributed by atoms with Crippen LogP contribution in [0.4, 0.5) is 11.4 Å². The SMILES string of the molecule is C/C=C(\C)N(c1ccc(-c2ccccc2)cc1)c1ccc2c(c1)C(C)(C)CC2(C)c1cccc(C)c1.C=CC(=C)C(/C=C\C(=C)C)=C/C. The number of rotatable bonds is 9. The van der Waals surface area contributed by atoms with E-state index in [1.165, 1.54) is 50.5 Å². The first-order valence-electron chi connectivity index (χ1n) is 17.0. The van der Waals surface area contributed by atoms with Crippen molar-refractivity contribution in [1.29, 1.82) is 0 Å². The van der Waals surface area contributed by atoms with E-state index >= 15 is 0 Å². The maximum absolute atomic E-state index is 3.86. The van der Waals surface area contributed by atoms with E-state index in [2.05, 4.69) is 169 Å². The number of benzene rings is 4. The highest BCUT2D eigenvalue weighted by atomic mass is 15.1. The molecule has 0 heterocycles. The minimum Gasteiger partial charge on any atom is -0.315 e. The highest BCUT2D eigenvalue weighted by molar-refractivity contribution is 5.74. The van der Waals surface area contributed by atoms with Gasteiger partial charge in [0.15, 0.2) is 0 Å². The first-order chi connectivity index (χ1) is 22.8. The molecule has 1 aliphatic carbocycles. The monoisotopic (exact) mass is 631 g/mol. The highest BCUT2D eigenvalue weighted by Crippen LogP contribution is 2.54. The zero-order chi connectivity index (χ0) is 35.1. The summed E-state index contributed by atoms with van der Waals surface area (Å²) in [6.45, 7) is 29.0. The molecule has 0 fully saturated rings. The molecule has 5 rings (SSSR count). The van der Waals surface area contributed by atoms with Crippen LogP contribution < -0.4 is 4.90 Å². The van der Waals surface area contributed by atoms with Gasteiger partial charge in [-0.15, -0.1) is 0 Å². The smallest absolute Gasteiger partial charge is 0.0461 e. The summed E-state index contributed by atoms with van der Waals surface area (Å²) < 4.78 is 0. The van der Waals surface area contributed by atoms with Crippen molar-refractivity contribution < 1.29 is 0 Å². The van der Waals surface area contributed by atoms with Crippen molar-refractivity contribution in [3.63, 3.8) is 0 Å². The maximum Gasteiger partial charge on any atom is 0.0461 e. The molecule has 0 saturated heterocycles. The molecule has 0 aliphatic heterocycles. The van der Waals surface area contributed by atoms with E-state index in [0.29, 0.717) is 0 Å². The summed E-state index contributed by atoms with van der Waals surface area (Å²) in [7, 11) is 0. The number of anilines is 2. The van der Waals surface area contributed by atoms with Crippen LogP contribution in [0, 0.1) is 6.92 Å². The summed E-state index contributed by atoms with van der Waals surface area (Å²) in [5.41, 5.74) is 14.9. The Morgan fingerprint density at radius 3 is 1.94 bits per heavy atom. The van der Waals surface area contributed by atoms with Crippen LogP contribution in [-0.2, 0) is 10.8 Å². The molecule has 0 saturated carbocycles. The summed E-state index contributed by atoms with van der Waals surface area (Å²) >= 11 is 0. The van der Waals surface area contributed by atoms with E-state index in [0.717, 1.165) is 23.1 Å². The van der Waals surface area contributed by atoms with Crippen molar-refractivity contribution in [3.8, 4) is 11.1 Å². The fraction of sp³-hybridized carbons (Fsp3) is 0.234. The van der Waals surface area contributed by atoms with E-state index in [1.54, 1.807) is 6.08 Å². The van der Waals surface area contributed by atoms with E-state index in [4.69, 9.17) is 0 Å². The van der Waals surface area contributed by atoms with Crippen molar-refractivity contribution in [2.45, 2.75) is 72.6 Å². The molecule has 4 aromatic rings. The standard InChI is InChI=1S/C35H37N.C12H16/c1-7-26(3)36(30-18-16-28(17-19-30)27-13-9-8-10-14-27)31-20-21-32-33(23-31)34(4,5)24-35(32,6)29-15-11-12-25(2)22-29;1-6-11(5)12(7-2)9-8-10(3)4/h7-23H,24H2,1-6H3;6-9H,1,3,5H2,2,4H3/b26-7+;9-8-,12-7+. The van der Waals surface area contributed by atoms with Crippen LogP contribution >= 0.6 is 0 Å². The van der Waals surface area contributed by atoms with Crippen LogP contribution in [0.2, 0.25) is 0 Å². The van der Waals surface area contributed by atoms with Crippen molar-refractivity contribution in [1.82, 2.24) is 0 Å². The molecule has 1 atom stereocenters. The number of aryl methyl sites for hydroxylation is 1. The van der Waals surface area contributed by atoms with Gasteiger partial charge in [-0.3, -0.25) is 0 Å². The second kappa shape index (κ2) is 15.3. The molecule has 0 radical (unpaired) electrons. The van der Waals surface area contributed by atoms with Crippen LogP contribution in [0.5, 0.6) is 0 Å². The minimum atomic E-state index is 0.0151. The normalized spacial score (nSPS) is 16.9. The van der Waals surface area contributed by atoms with Gasteiger partial charge in [0, 0.05) is 22.5 Å². The summed E-state index contributed by atoms with van der Waals surface area (Å²) in [4.78, 5) is 2.38. The van der Waals surface area contributed by atoms with Gasteiger partial charge in [0.2, 0.25) is 0 Å². The van der Waals surface area contributed by atoms with Crippen LogP contribution in [0.3, 0.4) is 0 Å². The fourth-order valence-corrected chi connectivity index (χ4v) is 6.89. The fourth-order valence-electron chi connectivity index (χ4n) is 6.89. The summed E-state index contributed by atoms with van der Waals surface area (Å²) in [5, 5.41) is 0.